The third-order valence-corrected chi connectivity index (χ3v) is 9.32. The summed E-state index contributed by atoms with van der Waals surface area (Å²) in [6.07, 6.45) is 8.26. The first kappa shape index (κ1) is 42.3. The molecule has 7 N–H and O–H groups in total. The van der Waals surface area contributed by atoms with Gasteiger partial charge < -0.3 is 50.2 Å². The van der Waals surface area contributed by atoms with Gasteiger partial charge in [-0.1, -0.05) is 103 Å². The molecule has 0 bridgehead atoms. The maximum absolute atomic E-state index is 12.9. The smallest absolute Gasteiger partial charge is 0.220 e. The summed E-state index contributed by atoms with van der Waals surface area (Å²) in [6.45, 7) is 1.29. The number of unbranched alkanes of at least 4 members (excludes halogenated alkanes) is 13. The van der Waals surface area contributed by atoms with Gasteiger partial charge in [-0.3, -0.25) is 4.79 Å². The van der Waals surface area contributed by atoms with Gasteiger partial charge in [0.1, 0.15) is 36.3 Å². The van der Waals surface area contributed by atoms with E-state index in [0.717, 1.165) is 50.7 Å². The first-order chi connectivity index (χ1) is 23.2. The van der Waals surface area contributed by atoms with Gasteiger partial charge in [0.15, 0.2) is 6.29 Å². The summed E-state index contributed by atoms with van der Waals surface area (Å²) in [5.41, 5.74) is 1.19. The van der Waals surface area contributed by atoms with E-state index >= 15 is 0 Å². The Hall–Kier alpha value is -1.83. The van der Waals surface area contributed by atoms with Crippen LogP contribution in [0, 0.1) is 0 Å². The highest BCUT2D eigenvalue weighted by atomic mass is 16.7. The SMILES string of the molecule is CCCCCCCCCCCCCC[C@@H](O)[C@@H](O)[C@H](COC1OC(CO)C(O)C(O)C1O)NC(=O)CCCCCc1ccc(OC)cc1. The van der Waals surface area contributed by atoms with E-state index in [-0.39, 0.29) is 18.9 Å². The molecular formula is C37H65NO10. The fraction of sp³-hybridized carbons (Fsp3) is 0.811. The Bertz CT molecular complexity index is 949. The average molecular weight is 684 g/mol. The van der Waals surface area contributed by atoms with Crippen molar-refractivity contribution in [2.45, 2.75) is 171 Å². The normalized spacial score (nSPS) is 23.0. The maximum Gasteiger partial charge on any atom is 0.220 e. The minimum atomic E-state index is -1.62. The lowest BCUT2D eigenvalue weighted by atomic mass is 9.98. The molecule has 1 aliphatic heterocycles. The summed E-state index contributed by atoms with van der Waals surface area (Å²) in [7, 11) is 1.63. The number of hydrogen-bond acceptors (Lipinski definition) is 10. The van der Waals surface area contributed by atoms with Crippen LogP contribution < -0.4 is 10.1 Å². The van der Waals surface area contributed by atoms with Gasteiger partial charge in [0.05, 0.1) is 32.5 Å². The highest BCUT2D eigenvalue weighted by Crippen LogP contribution is 2.23. The molecule has 2 rings (SSSR count). The molecule has 8 atom stereocenters. The van der Waals surface area contributed by atoms with Crippen LogP contribution in [0.5, 0.6) is 5.75 Å². The molecule has 1 aliphatic rings. The van der Waals surface area contributed by atoms with Crippen LogP contribution in [0.2, 0.25) is 0 Å². The highest BCUT2D eigenvalue weighted by Gasteiger charge is 2.44. The van der Waals surface area contributed by atoms with Crippen LogP contribution in [0.1, 0.15) is 122 Å². The molecule has 11 heteroatoms. The number of aryl methyl sites for hydroxylation is 1. The third kappa shape index (κ3) is 16.3. The summed E-state index contributed by atoms with van der Waals surface area (Å²) in [6, 6.07) is 6.88. The lowest BCUT2D eigenvalue weighted by molar-refractivity contribution is -0.303. The molecule has 0 saturated carbocycles. The molecule has 5 unspecified atom stereocenters. The van der Waals surface area contributed by atoms with Crippen molar-refractivity contribution in [1.29, 1.82) is 0 Å². The number of rotatable bonds is 27. The summed E-state index contributed by atoms with van der Waals surface area (Å²) in [4.78, 5) is 12.9. The first-order valence-corrected chi connectivity index (χ1v) is 18.4. The van der Waals surface area contributed by atoms with Gasteiger partial charge in [-0.2, -0.15) is 0 Å². The van der Waals surface area contributed by atoms with Gasteiger partial charge in [-0.15, -0.1) is 0 Å². The molecule has 0 radical (unpaired) electrons. The predicted molar refractivity (Wildman–Crippen MR) is 185 cm³/mol. The molecule has 1 aromatic carbocycles. The van der Waals surface area contributed by atoms with E-state index in [1.165, 1.54) is 56.9 Å². The quantitative estimate of drug-likeness (QED) is 0.0673. The number of methoxy groups -OCH3 is 1. The Kier molecular flexibility index (Phi) is 22.2. The average Bonchev–Trinajstić information content (AvgIpc) is 3.09. The van der Waals surface area contributed by atoms with E-state index < -0.39 is 55.6 Å². The minimum Gasteiger partial charge on any atom is -0.497 e. The Morgan fingerprint density at radius 1 is 0.812 bits per heavy atom. The zero-order valence-electron chi connectivity index (χ0n) is 29.4. The van der Waals surface area contributed by atoms with Crippen LogP contribution in [0.25, 0.3) is 0 Å². The van der Waals surface area contributed by atoms with E-state index in [1.54, 1.807) is 7.11 Å². The second-order valence-corrected chi connectivity index (χ2v) is 13.3. The zero-order valence-corrected chi connectivity index (χ0v) is 29.4. The molecule has 0 aromatic heterocycles. The monoisotopic (exact) mass is 683 g/mol. The number of hydrogen-bond donors (Lipinski definition) is 7. The third-order valence-electron chi connectivity index (χ3n) is 9.32. The molecule has 1 aromatic rings. The van der Waals surface area contributed by atoms with E-state index in [2.05, 4.69) is 12.2 Å². The largest absolute Gasteiger partial charge is 0.497 e. The van der Waals surface area contributed by atoms with E-state index in [0.29, 0.717) is 12.8 Å². The highest BCUT2D eigenvalue weighted by molar-refractivity contribution is 5.76. The van der Waals surface area contributed by atoms with Crippen molar-refractivity contribution in [2.75, 3.05) is 20.3 Å². The van der Waals surface area contributed by atoms with Gasteiger partial charge >= 0.3 is 0 Å². The summed E-state index contributed by atoms with van der Waals surface area (Å²) < 4.78 is 16.3. The van der Waals surface area contributed by atoms with Gasteiger partial charge in [0.25, 0.3) is 0 Å². The Balaban J connectivity index is 1.80. The fourth-order valence-electron chi connectivity index (χ4n) is 6.13. The molecule has 278 valence electrons. The van der Waals surface area contributed by atoms with Crippen molar-refractivity contribution >= 4 is 5.91 Å². The summed E-state index contributed by atoms with van der Waals surface area (Å²) in [5, 5.41) is 64.7. The van der Waals surface area contributed by atoms with Crippen molar-refractivity contribution in [1.82, 2.24) is 5.32 Å². The zero-order chi connectivity index (χ0) is 35.1. The minimum absolute atomic E-state index is 0.223. The molecule has 0 spiro atoms. The molecular weight excluding hydrogens is 618 g/mol. The number of aliphatic hydroxyl groups excluding tert-OH is 6. The summed E-state index contributed by atoms with van der Waals surface area (Å²) in [5.74, 6) is 0.500. The molecule has 48 heavy (non-hydrogen) atoms. The van der Waals surface area contributed by atoms with Crippen LogP contribution in [-0.4, -0.2) is 106 Å². The number of carbonyl (C=O) groups is 1. The molecule has 1 saturated heterocycles. The van der Waals surface area contributed by atoms with E-state index in [9.17, 15) is 35.4 Å². The maximum atomic E-state index is 12.9. The Morgan fingerprint density at radius 3 is 1.98 bits per heavy atom. The van der Waals surface area contributed by atoms with Crippen LogP contribution in [-0.2, 0) is 20.7 Å². The van der Waals surface area contributed by atoms with Gasteiger partial charge in [0.2, 0.25) is 5.91 Å². The molecule has 1 fully saturated rings. The van der Waals surface area contributed by atoms with Crippen molar-refractivity contribution in [3.63, 3.8) is 0 Å². The van der Waals surface area contributed by atoms with Crippen molar-refractivity contribution in [3.05, 3.63) is 29.8 Å². The molecule has 11 nitrogen and oxygen atoms in total. The number of carbonyl (C=O) groups excluding carboxylic acids is 1. The number of ether oxygens (including phenoxy) is 3. The predicted octanol–water partition coefficient (Wildman–Crippen LogP) is 3.91. The lowest BCUT2D eigenvalue weighted by Gasteiger charge is -2.40. The number of amides is 1. The standard InChI is InChI=1S/C37H65NO10/c1-3-4-5-6-7-8-9-10-11-12-13-16-19-30(40)33(42)29(26-47-37-36(45)35(44)34(43)31(25-39)48-37)38-32(41)20-17-14-15-18-27-21-23-28(46-2)24-22-27/h21-24,29-31,33-37,39-40,42-45H,3-20,25-26H2,1-2H3,(H,38,41)/t29-,30+,31?,33-,34?,35?,36?,37?/m0/s1. The molecule has 1 amide bonds. The molecule has 0 aliphatic carbocycles. The van der Waals surface area contributed by atoms with Crippen molar-refractivity contribution in [2.24, 2.45) is 0 Å². The molecule has 1 heterocycles. The van der Waals surface area contributed by atoms with E-state index in [1.807, 2.05) is 24.3 Å². The Morgan fingerprint density at radius 2 is 1.40 bits per heavy atom. The van der Waals surface area contributed by atoms with Gasteiger partial charge in [0, 0.05) is 6.42 Å². The summed E-state index contributed by atoms with van der Waals surface area (Å²) >= 11 is 0. The second kappa shape index (κ2) is 25.2. The topological polar surface area (TPSA) is 178 Å². The number of nitrogens with one attached hydrogen (secondary N) is 1. The van der Waals surface area contributed by atoms with Crippen LogP contribution in [0.3, 0.4) is 0 Å². The number of aliphatic hydroxyl groups is 6. The van der Waals surface area contributed by atoms with E-state index in [4.69, 9.17) is 14.2 Å². The van der Waals surface area contributed by atoms with Gasteiger partial charge in [-0.05, 0) is 43.4 Å². The van der Waals surface area contributed by atoms with Crippen LogP contribution in [0.4, 0.5) is 0 Å². The van der Waals surface area contributed by atoms with Crippen LogP contribution >= 0.6 is 0 Å². The first-order valence-electron chi connectivity index (χ1n) is 18.4. The van der Waals surface area contributed by atoms with Gasteiger partial charge in [-0.25, -0.2) is 0 Å². The Labute approximate surface area is 288 Å². The number of benzene rings is 1. The van der Waals surface area contributed by atoms with Crippen LogP contribution in [0.15, 0.2) is 24.3 Å². The van der Waals surface area contributed by atoms with Crippen molar-refractivity contribution < 1.29 is 49.6 Å². The van der Waals surface area contributed by atoms with Crippen molar-refractivity contribution in [3.8, 4) is 5.75 Å². The second-order valence-electron chi connectivity index (χ2n) is 13.3. The lowest BCUT2D eigenvalue weighted by Crippen LogP contribution is -2.60. The fourth-order valence-corrected chi connectivity index (χ4v) is 6.13.